The van der Waals surface area contributed by atoms with E-state index in [0.29, 0.717) is 12.2 Å². The average molecular weight is 254 g/mol. The first kappa shape index (κ1) is 14.3. The molecule has 0 spiro atoms. The molecule has 0 aromatic carbocycles. The van der Waals surface area contributed by atoms with E-state index in [9.17, 15) is 0 Å². The Hall–Kier alpha value is -0.120. The lowest BCUT2D eigenvalue weighted by Crippen LogP contribution is -2.52. The highest BCUT2D eigenvalue weighted by Gasteiger charge is 2.31. The minimum atomic E-state index is 0.401. The van der Waals surface area contributed by atoms with Gasteiger partial charge in [0.25, 0.3) is 0 Å². The van der Waals surface area contributed by atoms with E-state index in [0.717, 1.165) is 25.2 Å². The Morgan fingerprint density at radius 2 is 1.89 bits per heavy atom. The molecule has 0 radical (unpaired) electrons. The summed E-state index contributed by atoms with van der Waals surface area (Å²) >= 11 is 0. The van der Waals surface area contributed by atoms with Gasteiger partial charge in [-0.05, 0) is 46.1 Å². The minimum Gasteiger partial charge on any atom is -0.373 e. The van der Waals surface area contributed by atoms with E-state index < -0.39 is 0 Å². The second-order valence-electron chi connectivity index (χ2n) is 6.18. The summed E-state index contributed by atoms with van der Waals surface area (Å²) in [5.74, 6) is 0. The van der Waals surface area contributed by atoms with Crippen molar-refractivity contribution >= 4 is 0 Å². The molecule has 1 N–H and O–H groups in total. The molecule has 3 heteroatoms. The summed E-state index contributed by atoms with van der Waals surface area (Å²) in [7, 11) is 0. The van der Waals surface area contributed by atoms with Crippen molar-refractivity contribution in [1.82, 2.24) is 10.2 Å². The van der Waals surface area contributed by atoms with Crippen molar-refractivity contribution in [3.8, 4) is 0 Å². The molecular formula is C15H30N2O. The van der Waals surface area contributed by atoms with Gasteiger partial charge < -0.3 is 10.1 Å². The van der Waals surface area contributed by atoms with E-state index in [1.165, 1.54) is 38.6 Å². The van der Waals surface area contributed by atoms with Gasteiger partial charge in [0.15, 0.2) is 0 Å². The van der Waals surface area contributed by atoms with Crippen LogP contribution in [0.3, 0.4) is 0 Å². The van der Waals surface area contributed by atoms with Crippen molar-refractivity contribution in [3.05, 3.63) is 0 Å². The Morgan fingerprint density at radius 3 is 2.56 bits per heavy atom. The Bertz CT molecular complexity index is 237. The van der Waals surface area contributed by atoms with Crippen molar-refractivity contribution in [2.75, 3.05) is 19.6 Å². The molecule has 106 valence electrons. The number of morpholine rings is 1. The molecule has 3 nitrogen and oxygen atoms in total. The standard InChI is InChI=1S/C15H30N2O/c1-4-8-16-14-6-5-7-15(9-14)17-10-12(2)18-13(3)11-17/h12-16H,4-11H2,1-3H3. The predicted molar refractivity (Wildman–Crippen MR) is 75.9 cm³/mol. The molecule has 1 saturated heterocycles. The van der Waals surface area contributed by atoms with Crippen LogP contribution in [0.2, 0.25) is 0 Å². The maximum absolute atomic E-state index is 5.84. The molecule has 1 heterocycles. The van der Waals surface area contributed by atoms with Gasteiger partial charge >= 0.3 is 0 Å². The molecule has 4 unspecified atom stereocenters. The van der Waals surface area contributed by atoms with Gasteiger partial charge in [0, 0.05) is 25.2 Å². The smallest absolute Gasteiger partial charge is 0.0678 e. The monoisotopic (exact) mass is 254 g/mol. The maximum atomic E-state index is 5.84. The number of hydrogen-bond acceptors (Lipinski definition) is 3. The lowest BCUT2D eigenvalue weighted by Gasteiger charge is -2.43. The van der Waals surface area contributed by atoms with Gasteiger partial charge in [0.05, 0.1) is 12.2 Å². The molecule has 1 saturated carbocycles. The normalized spacial score (nSPS) is 38.8. The minimum absolute atomic E-state index is 0.401. The third kappa shape index (κ3) is 3.94. The van der Waals surface area contributed by atoms with Crippen molar-refractivity contribution in [2.45, 2.75) is 77.2 Å². The van der Waals surface area contributed by atoms with E-state index >= 15 is 0 Å². The molecule has 0 bridgehead atoms. The molecule has 2 fully saturated rings. The van der Waals surface area contributed by atoms with Crippen LogP contribution in [0, 0.1) is 0 Å². The van der Waals surface area contributed by atoms with Gasteiger partial charge in [-0.1, -0.05) is 13.3 Å². The maximum Gasteiger partial charge on any atom is 0.0678 e. The molecule has 4 atom stereocenters. The third-order valence-electron chi connectivity index (χ3n) is 4.29. The number of nitrogens with zero attached hydrogens (tertiary/aromatic N) is 1. The Morgan fingerprint density at radius 1 is 1.17 bits per heavy atom. The number of rotatable bonds is 4. The fourth-order valence-corrected chi connectivity index (χ4v) is 3.55. The lowest BCUT2D eigenvalue weighted by atomic mass is 9.89. The summed E-state index contributed by atoms with van der Waals surface area (Å²) in [5, 5.41) is 3.70. The Labute approximate surface area is 112 Å². The Kier molecular flexibility index (Phi) is 5.46. The summed E-state index contributed by atoms with van der Waals surface area (Å²) in [6.45, 7) is 10.1. The van der Waals surface area contributed by atoms with Gasteiger partial charge in [0.1, 0.15) is 0 Å². The third-order valence-corrected chi connectivity index (χ3v) is 4.29. The molecule has 1 aliphatic carbocycles. The first-order valence-electron chi connectivity index (χ1n) is 7.82. The van der Waals surface area contributed by atoms with Crippen molar-refractivity contribution in [3.63, 3.8) is 0 Å². The van der Waals surface area contributed by atoms with Gasteiger partial charge in [-0.15, -0.1) is 0 Å². The quantitative estimate of drug-likeness (QED) is 0.834. The number of ether oxygens (including phenoxy) is 1. The summed E-state index contributed by atoms with van der Waals surface area (Å²) in [5.41, 5.74) is 0. The largest absolute Gasteiger partial charge is 0.373 e. The number of nitrogens with one attached hydrogen (secondary N) is 1. The van der Waals surface area contributed by atoms with Gasteiger partial charge in [0.2, 0.25) is 0 Å². The van der Waals surface area contributed by atoms with E-state index in [4.69, 9.17) is 4.74 Å². The first-order valence-corrected chi connectivity index (χ1v) is 7.82. The van der Waals surface area contributed by atoms with Crippen molar-refractivity contribution < 1.29 is 4.74 Å². The van der Waals surface area contributed by atoms with E-state index in [1.54, 1.807) is 0 Å². The van der Waals surface area contributed by atoms with E-state index in [2.05, 4.69) is 31.0 Å². The number of hydrogen-bond donors (Lipinski definition) is 1. The predicted octanol–water partition coefficient (Wildman–Crippen LogP) is 2.41. The first-order chi connectivity index (χ1) is 8.69. The van der Waals surface area contributed by atoms with E-state index in [1.807, 2.05) is 0 Å². The van der Waals surface area contributed by atoms with Crippen LogP contribution in [0.5, 0.6) is 0 Å². The van der Waals surface area contributed by atoms with Crippen LogP contribution >= 0.6 is 0 Å². The highest BCUT2D eigenvalue weighted by atomic mass is 16.5. The van der Waals surface area contributed by atoms with Crippen LogP contribution in [0.15, 0.2) is 0 Å². The summed E-state index contributed by atoms with van der Waals surface area (Å²) in [6.07, 6.45) is 7.50. The Balaban J connectivity index is 1.83. The fraction of sp³-hybridized carbons (Fsp3) is 1.00. The molecule has 0 amide bonds. The van der Waals surface area contributed by atoms with Crippen LogP contribution < -0.4 is 5.32 Å². The average Bonchev–Trinajstić information content (AvgIpc) is 2.35. The summed E-state index contributed by atoms with van der Waals surface area (Å²) < 4.78 is 5.84. The molecule has 18 heavy (non-hydrogen) atoms. The van der Waals surface area contributed by atoms with Crippen molar-refractivity contribution in [1.29, 1.82) is 0 Å². The molecule has 2 rings (SSSR count). The molecule has 2 aliphatic rings. The van der Waals surface area contributed by atoms with Crippen LogP contribution in [0.1, 0.15) is 52.9 Å². The zero-order valence-corrected chi connectivity index (χ0v) is 12.3. The molecular weight excluding hydrogens is 224 g/mol. The molecule has 0 aromatic rings. The molecule has 1 aliphatic heterocycles. The van der Waals surface area contributed by atoms with Gasteiger partial charge in [-0.3, -0.25) is 4.90 Å². The topological polar surface area (TPSA) is 24.5 Å². The SMILES string of the molecule is CCCNC1CCCC(N2CC(C)OC(C)C2)C1. The van der Waals surface area contributed by atoms with Crippen LogP contribution in [0.4, 0.5) is 0 Å². The van der Waals surface area contributed by atoms with Gasteiger partial charge in [-0.2, -0.15) is 0 Å². The zero-order valence-electron chi connectivity index (χ0n) is 12.3. The highest BCUT2D eigenvalue weighted by molar-refractivity contribution is 4.87. The lowest BCUT2D eigenvalue weighted by molar-refractivity contribution is -0.0851. The summed E-state index contributed by atoms with van der Waals surface area (Å²) in [4.78, 5) is 2.68. The zero-order chi connectivity index (χ0) is 13.0. The van der Waals surface area contributed by atoms with Crippen LogP contribution in [0.25, 0.3) is 0 Å². The second-order valence-corrected chi connectivity index (χ2v) is 6.18. The highest BCUT2D eigenvalue weighted by Crippen LogP contribution is 2.26. The van der Waals surface area contributed by atoms with Crippen molar-refractivity contribution in [2.24, 2.45) is 0 Å². The summed E-state index contributed by atoms with van der Waals surface area (Å²) in [6, 6.07) is 1.53. The van der Waals surface area contributed by atoms with Crippen LogP contribution in [-0.4, -0.2) is 48.8 Å². The fourth-order valence-electron chi connectivity index (χ4n) is 3.55. The van der Waals surface area contributed by atoms with Gasteiger partial charge in [-0.25, -0.2) is 0 Å². The second kappa shape index (κ2) is 6.88. The molecule has 0 aromatic heterocycles. The van der Waals surface area contributed by atoms with Crippen LogP contribution in [-0.2, 0) is 4.74 Å². The van der Waals surface area contributed by atoms with E-state index in [-0.39, 0.29) is 0 Å².